The summed E-state index contributed by atoms with van der Waals surface area (Å²) in [6.07, 6.45) is -0.107. The number of carboxylic acid groups (broad SMARTS) is 1. The van der Waals surface area contributed by atoms with Crippen LogP contribution in [0.5, 0.6) is 0 Å². The minimum atomic E-state index is -0.949. The highest BCUT2D eigenvalue weighted by molar-refractivity contribution is 5.67. The van der Waals surface area contributed by atoms with Crippen molar-refractivity contribution in [1.82, 2.24) is 0 Å². The monoisotopic (exact) mass is 129 g/mol. The van der Waals surface area contributed by atoms with Gasteiger partial charge in [-0.25, -0.2) is 0 Å². The zero-order valence-corrected chi connectivity index (χ0v) is 4.98. The van der Waals surface area contributed by atoms with Crippen LogP contribution in [0.3, 0.4) is 0 Å². The Morgan fingerprint density at radius 3 is 2.89 bits per heavy atom. The quantitative estimate of drug-likeness (QED) is 0.352. The van der Waals surface area contributed by atoms with Gasteiger partial charge in [0.1, 0.15) is 0 Å². The summed E-state index contributed by atoms with van der Waals surface area (Å²) in [7, 11) is 0. The van der Waals surface area contributed by atoms with Crippen molar-refractivity contribution in [2.24, 2.45) is 5.11 Å². The van der Waals surface area contributed by atoms with E-state index in [1.165, 1.54) is 0 Å². The minimum absolute atomic E-state index is 0.107. The van der Waals surface area contributed by atoms with Gasteiger partial charge in [-0.1, -0.05) is 12.0 Å². The molecule has 0 saturated carbocycles. The van der Waals surface area contributed by atoms with Crippen LogP contribution < -0.4 is 0 Å². The molecule has 0 aliphatic carbocycles. The summed E-state index contributed by atoms with van der Waals surface area (Å²) in [5.74, 6) is -0.949. The van der Waals surface area contributed by atoms with E-state index >= 15 is 0 Å². The van der Waals surface area contributed by atoms with Gasteiger partial charge in [0.25, 0.3) is 0 Å². The summed E-state index contributed by atoms with van der Waals surface area (Å²) in [6, 6.07) is -0.451. The molecule has 0 aliphatic heterocycles. The fourth-order valence-corrected chi connectivity index (χ4v) is 0.382. The van der Waals surface area contributed by atoms with Crippen molar-refractivity contribution in [2.75, 3.05) is 0 Å². The molecule has 0 heterocycles. The Morgan fingerprint density at radius 1 is 2.00 bits per heavy atom. The average molecular weight is 129 g/mol. The molecular formula is C4H7N3O2. The van der Waals surface area contributed by atoms with E-state index in [0.29, 0.717) is 0 Å². The maximum Gasteiger partial charge on any atom is 0.303 e. The second-order valence-corrected chi connectivity index (χ2v) is 1.65. The molecule has 0 fully saturated rings. The topological polar surface area (TPSA) is 86.1 Å². The Morgan fingerprint density at radius 2 is 2.56 bits per heavy atom. The molecular weight excluding hydrogens is 122 g/mol. The second kappa shape index (κ2) is 3.74. The standard InChI is InChI=1S/C4H7N3O2/c1-3(6-7-5)2-4(8)9/h3H,2H2,1H3,(H,8,9). The van der Waals surface area contributed by atoms with E-state index in [0.717, 1.165) is 0 Å². The molecule has 0 bridgehead atoms. The van der Waals surface area contributed by atoms with Crippen molar-refractivity contribution < 1.29 is 9.90 Å². The molecule has 0 saturated heterocycles. The van der Waals surface area contributed by atoms with Crippen LogP contribution >= 0.6 is 0 Å². The van der Waals surface area contributed by atoms with Crippen LogP contribution in [0.25, 0.3) is 10.4 Å². The molecule has 5 heteroatoms. The summed E-state index contributed by atoms with van der Waals surface area (Å²) < 4.78 is 0. The zero-order valence-electron chi connectivity index (χ0n) is 4.98. The van der Waals surface area contributed by atoms with E-state index < -0.39 is 12.0 Å². The number of nitrogens with zero attached hydrogens (tertiary/aromatic N) is 3. The summed E-state index contributed by atoms with van der Waals surface area (Å²) in [4.78, 5) is 12.4. The summed E-state index contributed by atoms with van der Waals surface area (Å²) >= 11 is 0. The van der Waals surface area contributed by atoms with Crippen molar-refractivity contribution in [3.05, 3.63) is 10.4 Å². The van der Waals surface area contributed by atoms with Crippen molar-refractivity contribution in [2.45, 2.75) is 19.4 Å². The average Bonchev–Trinajstić information content (AvgIpc) is 1.63. The first kappa shape index (κ1) is 7.78. The third-order valence-corrected chi connectivity index (χ3v) is 0.719. The van der Waals surface area contributed by atoms with Gasteiger partial charge in [-0.05, 0) is 5.53 Å². The van der Waals surface area contributed by atoms with Crippen LogP contribution in [0.15, 0.2) is 5.11 Å². The second-order valence-electron chi connectivity index (χ2n) is 1.65. The lowest BCUT2D eigenvalue weighted by Gasteiger charge is -1.95. The molecule has 0 radical (unpaired) electrons. The molecule has 50 valence electrons. The minimum Gasteiger partial charge on any atom is -0.481 e. The Balaban J connectivity index is 3.62. The van der Waals surface area contributed by atoms with E-state index in [9.17, 15) is 4.79 Å². The summed E-state index contributed by atoms with van der Waals surface area (Å²) in [6.45, 7) is 1.55. The molecule has 0 aromatic rings. The van der Waals surface area contributed by atoms with Gasteiger partial charge < -0.3 is 5.11 Å². The van der Waals surface area contributed by atoms with Gasteiger partial charge in [0.15, 0.2) is 0 Å². The van der Waals surface area contributed by atoms with E-state index in [-0.39, 0.29) is 6.42 Å². The Kier molecular flexibility index (Phi) is 3.23. The highest BCUT2D eigenvalue weighted by atomic mass is 16.4. The van der Waals surface area contributed by atoms with Crippen LogP contribution in [-0.4, -0.2) is 17.1 Å². The van der Waals surface area contributed by atoms with E-state index in [1.54, 1.807) is 6.92 Å². The maximum absolute atomic E-state index is 9.90. The first-order valence-electron chi connectivity index (χ1n) is 2.43. The number of aliphatic carboxylic acids is 1. The fourth-order valence-electron chi connectivity index (χ4n) is 0.382. The van der Waals surface area contributed by atoms with Crippen LogP contribution in [0.2, 0.25) is 0 Å². The smallest absolute Gasteiger partial charge is 0.303 e. The molecule has 0 aromatic carbocycles. The number of hydrogen-bond donors (Lipinski definition) is 1. The molecule has 1 N–H and O–H groups in total. The van der Waals surface area contributed by atoms with Crippen LogP contribution in [0.4, 0.5) is 0 Å². The van der Waals surface area contributed by atoms with Gasteiger partial charge in [-0.2, -0.15) is 0 Å². The van der Waals surface area contributed by atoms with Crippen molar-refractivity contribution in [3.63, 3.8) is 0 Å². The molecule has 9 heavy (non-hydrogen) atoms. The number of carbonyl (C=O) groups is 1. The number of hydrogen-bond acceptors (Lipinski definition) is 2. The van der Waals surface area contributed by atoms with Crippen molar-refractivity contribution in [1.29, 1.82) is 0 Å². The van der Waals surface area contributed by atoms with Gasteiger partial charge in [0, 0.05) is 11.0 Å². The highest BCUT2D eigenvalue weighted by Crippen LogP contribution is 1.95. The van der Waals surface area contributed by atoms with Crippen molar-refractivity contribution in [3.8, 4) is 0 Å². The fraction of sp³-hybridized carbons (Fsp3) is 0.750. The van der Waals surface area contributed by atoms with Crippen LogP contribution in [-0.2, 0) is 4.79 Å². The predicted molar refractivity (Wildman–Crippen MR) is 30.9 cm³/mol. The Hall–Kier alpha value is -1.22. The van der Waals surface area contributed by atoms with E-state index in [4.69, 9.17) is 10.6 Å². The predicted octanol–water partition coefficient (Wildman–Crippen LogP) is 1.16. The summed E-state index contributed by atoms with van der Waals surface area (Å²) in [5, 5.41) is 11.3. The molecule has 0 amide bonds. The van der Waals surface area contributed by atoms with Gasteiger partial charge in [-0.15, -0.1) is 0 Å². The van der Waals surface area contributed by atoms with Crippen LogP contribution in [0, 0.1) is 0 Å². The molecule has 0 aliphatic rings. The molecule has 0 aromatic heterocycles. The molecule has 1 unspecified atom stereocenters. The van der Waals surface area contributed by atoms with E-state index in [2.05, 4.69) is 10.0 Å². The lowest BCUT2D eigenvalue weighted by atomic mass is 10.3. The van der Waals surface area contributed by atoms with Gasteiger partial charge in [0.2, 0.25) is 0 Å². The molecule has 0 rings (SSSR count). The largest absolute Gasteiger partial charge is 0.481 e. The van der Waals surface area contributed by atoms with Gasteiger partial charge in [0.05, 0.1) is 6.42 Å². The maximum atomic E-state index is 9.90. The zero-order chi connectivity index (χ0) is 7.28. The number of carboxylic acids is 1. The molecule has 1 atom stereocenters. The van der Waals surface area contributed by atoms with Gasteiger partial charge in [-0.3, -0.25) is 4.79 Å². The molecule has 5 nitrogen and oxygen atoms in total. The SMILES string of the molecule is CC(CC(=O)O)N=[N+]=[N-]. The number of azide groups is 1. The molecule has 0 spiro atoms. The normalized spacial score (nSPS) is 11.7. The Labute approximate surface area is 51.9 Å². The first-order chi connectivity index (χ1) is 4.16. The van der Waals surface area contributed by atoms with Crippen molar-refractivity contribution >= 4 is 5.97 Å². The summed E-state index contributed by atoms with van der Waals surface area (Å²) in [5.41, 5.74) is 7.81. The lowest BCUT2D eigenvalue weighted by Crippen LogP contribution is -2.05. The third kappa shape index (κ3) is 4.64. The number of rotatable bonds is 3. The Bertz CT molecular complexity index is 150. The third-order valence-electron chi connectivity index (χ3n) is 0.719. The van der Waals surface area contributed by atoms with Gasteiger partial charge >= 0.3 is 5.97 Å². The lowest BCUT2D eigenvalue weighted by molar-refractivity contribution is -0.137. The first-order valence-corrected chi connectivity index (χ1v) is 2.43. The highest BCUT2D eigenvalue weighted by Gasteiger charge is 2.02. The van der Waals surface area contributed by atoms with Crippen LogP contribution in [0.1, 0.15) is 13.3 Å². The van der Waals surface area contributed by atoms with E-state index in [1.807, 2.05) is 0 Å².